The Kier molecular flexibility index (Phi) is 6.33. The molecule has 2 aromatic rings. The van der Waals surface area contributed by atoms with E-state index in [4.69, 9.17) is 4.98 Å². The molecule has 0 radical (unpaired) electrons. The van der Waals surface area contributed by atoms with Crippen LogP contribution in [-0.4, -0.2) is 70.5 Å². The maximum Gasteiger partial charge on any atom is 0.206 e. The summed E-state index contributed by atoms with van der Waals surface area (Å²) >= 11 is 0. The van der Waals surface area contributed by atoms with E-state index >= 15 is 0 Å². The second-order valence-corrected chi connectivity index (χ2v) is 11.8. The number of piperidine rings is 1. The van der Waals surface area contributed by atoms with Gasteiger partial charge in [0.05, 0.1) is 17.6 Å². The van der Waals surface area contributed by atoms with E-state index in [9.17, 15) is 5.11 Å². The smallest absolute Gasteiger partial charge is 0.206 e. The van der Waals surface area contributed by atoms with Crippen molar-refractivity contribution in [3.8, 4) is 0 Å². The van der Waals surface area contributed by atoms with Gasteiger partial charge in [-0.1, -0.05) is 44.2 Å². The topological polar surface area (TPSA) is 56.6 Å². The number of aromatic nitrogens is 2. The summed E-state index contributed by atoms with van der Waals surface area (Å²) in [5, 5.41) is 13.3. The lowest BCUT2D eigenvalue weighted by atomic mass is 9.82. The first-order chi connectivity index (χ1) is 16.7. The normalized spacial score (nSPS) is 31.0. The molecule has 3 aliphatic heterocycles. The molecule has 3 saturated heterocycles. The molecule has 3 atom stereocenters. The number of rotatable bonds is 4. The number of likely N-dealkylation sites (tertiary alicyclic amines) is 1. The van der Waals surface area contributed by atoms with Crippen LogP contribution in [0.25, 0.3) is 11.0 Å². The van der Waals surface area contributed by atoms with Crippen molar-refractivity contribution in [2.45, 2.75) is 82.3 Å². The molecule has 1 aromatic carbocycles. The van der Waals surface area contributed by atoms with Crippen LogP contribution in [0.1, 0.15) is 70.8 Å². The van der Waals surface area contributed by atoms with E-state index in [1.807, 2.05) is 0 Å². The first-order valence-corrected chi connectivity index (χ1v) is 14.0. The average Bonchev–Trinajstić information content (AvgIpc) is 3.54. The highest BCUT2D eigenvalue weighted by molar-refractivity contribution is 5.79. The van der Waals surface area contributed by atoms with Crippen molar-refractivity contribution in [1.29, 1.82) is 0 Å². The van der Waals surface area contributed by atoms with Gasteiger partial charge in [0.2, 0.25) is 5.95 Å². The van der Waals surface area contributed by atoms with Gasteiger partial charge in [-0.05, 0) is 56.6 Å². The molecule has 1 saturated carbocycles. The lowest BCUT2D eigenvalue weighted by Crippen LogP contribution is -2.50. The number of anilines is 1. The van der Waals surface area contributed by atoms with Crippen LogP contribution in [0, 0.1) is 11.8 Å². The number of nitrogens with zero attached hydrogens (tertiary/aromatic N) is 4. The third-order valence-corrected chi connectivity index (χ3v) is 9.73. The molecule has 34 heavy (non-hydrogen) atoms. The van der Waals surface area contributed by atoms with Gasteiger partial charge in [0.25, 0.3) is 0 Å². The number of para-hydroxylation sites is 2. The summed E-state index contributed by atoms with van der Waals surface area (Å²) in [7, 11) is 0. The summed E-state index contributed by atoms with van der Waals surface area (Å²) in [4.78, 5) is 10.6. The minimum atomic E-state index is 0.237. The van der Waals surface area contributed by atoms with Gasteiger partial charge < -0.3 is 19.9 Å². The van der Waals surface area contributed by atoms with Crippen LogP contribution in [0.2, 0.25) is 0 Å². The minimum Gasteiger partial charge on any atom is -0.395 e. The van der Waals surface area contributed by atoms with Crippen molar-refractivity contribution in [3.05, 3.63) is 24.3 Å². The van der Waals surface area contributed by atoms with Gasteiger partial charge >= 0.3 is 0 Å². The molecule has 4 aliphatic rings. The average molecular weight is 466 g/mol. The fraction of sp³-hybridized carbons (Fsp3) is 0.750. The summed E-state index contributed by atoms with van der Waals surface area (Å²) in [6.45, 7) is 8.26. The summed E-state index contributed by atoms with van der Waals surface area (Å²) in [6, 6.07) is 9.48. The summed E-state index contributed by atoms with van der Waals surface area (Å²) < 4.78 is 2.59. The lowest BCUT2D eigenvalue weighted by Gasteiger charge is -2.46. The maximum atomic E-state index is 9.82. The van der Waals surface area contributed by atoms with Crippen molar-refractivity contribution in [2.75, 3.05) is 44.2 Å². The highest BCUT2D eigenvalue weighted by Crippen LogP contribution is 2.40. The van der Waals surface area contributed by atoms with E-state index in [1.165, 1.54) is 82.3 Å². The highest BCUT2D eigenvalue weighted by Gasteiger charge is 2.44. The Morgan fingerprint density at radius 3 is 2.53 bits per heavy atom. The zero-order valence-corrected chi connectivity index (χ0v) is 21.0. The highest BCUT2D eigenvalue weighted by atomic mass is 16.3. The van der Waals surface area contributed by atoms with Gasteiger partial charge in [-0.15, -0.1) is 0 Å². The molecule has 6 heteroatoms. The van der Waals surface area contributed by atoms with Crippen molar-refractivity contribution in [1.82, 2.24) is 19.8 Å². The molecular weight excluding hydrogens is 422 g/mol. The van der Waals surface area contributed by atoms with Gasteiger partial charge in [0.1, 0.15) is 0 Å². The summed E-state index contributed by atoms with van der Waals surface area (Å²) in [5.41, 5.74) is 2.81. The zero-order chi connectivity index (χ0) is 23.1. The first-order valence-electron chi connectivity index (χ1n) is 14.0. The Bertz CT molecular complexity index is 972. The Labute approximate surface area is 204 Å². The van der Waals surface area contributed by atoms with E-state index in [0.29, 0.717) is 23.4 Å². The molecule has 1 aromatic heterocycles. The number of hydrogen-bond donors (Lipinski definition) is 2. The van der Waals surface area contributed by atoms with E-state index in [0.717, 1.165) is 25.2 Å². The Morgan fingerprint density at radius 2 is 1.76 bits per heavy atom. The molecule has 186 valence electrons. The molecule has 6 rings (SSSR count). The largest absolute Gasteiger partial charge is 0.395 e. The molecule has 3 unspecified atom stereocenters. The third kappa shape index (κ3) is 4.06. The SMILES string of the molecule is CC1(N2CCC(n3c(N4CC5CNC(CO)C5C4)nc4ccccc43)CC2)CCCCCCC1. The van der Waals surface area contributed by atoms with Gasteiger partial charge in [-0.25, -0.2) is 4.98 Å². The molecule has 1 aliphatic carbocycles. The number of imidazole rings is 1. The van der Waals surface area contributed by atoms with E-state index in [-0.39, 0.29) is 12.6 Å². The van der Waals surface area contributed by atoms with E-state index < -0.39 is 0 Å². The molecule has 2 N–H and O–H groups in total. The van der Waals surface area contributed by atoms with Crippen LogP contribution < -0.4 is 10.2 Å². The van der Waals surface area contributed by atoms with Crippen molar-refractivity contribution < 1.29 is 5.11 Å². The fourth-order valence-corrected chi connectivity index (χ4v) is 7.65. The number of nitrogens with one attached hydrogen (secondary N) is 1. The Balaban J connectivity index is 1.23. The molecule has 0 spiro atoms. The first kappa shape index (κ1) is 22.8. The predicted molar refractivity (Wildman–Crippen MR) is 138 cm³/mol. The van der Waals surface area contributed by atoms with Gasteiger partial charge in [-0.3, -0.25) is 4.90 Å². The van der Waals surface area contributed by atoms with Crippen molar-refractivity contribution >= 4 is 17.0 Å². The third-order valence-electron chi connectivity index (χ3n) is 9.73. The second-order valence-electron chi connectivity index (χ2n) is 11.8. The number of hydrogen-bond acceptors (Lipinski definition) is 5. The number of benzene rings is 1. The minimum absolute atomic E-state index is 0.237. The van der Waals surface area contributed by atoms with Gasteiger partial charge in [0.15, 0.2) is 0 Å². The Morgan fingerprint density at radius 1 is 1.03 bits per heavy atom. The van der Waals surface area contributed by atoms with Crippen LogP contribution in [0.15, 0.2) is 24.3 Å². The van der Waals surface area contributed by atoms with Crippen LogP contribution in [-0.2, 0) is 0 Å². The molecule has 4 fully saturated rings. The summed E-state index contributed by atoms with van der Waals surface area (Å²) in [6.07, 6.45) is 12.2. The quantitative estimate of drug-likeness (QED) is 0.709. The van der Waals surface area contributed by atoms with Gasteiger partial charge in [0, 0.05) is 50.3 Å². The van der Waals surface area contributed by atoms with Crippen LogP contribution in [0.4, 0.5) is 5.95 Å². The molecular formula is C28H43N5O. The van der Waals surface area contributed by atoms with Crippen LogP contribution in [0.3, 0.4) is 0 Å². The van der Waals surface area contributed by atoms with Crippen LogP contribution in [0.5, 0.6) is 0 Å². The lowest BCUT2D eigenvalue weighted by molar-refractivity contribution is 0.0443. The molecule has 0 amide bonds. The zero-order valence-electron chi connectivity index (χ0n) is 21.0. The standard InChI is InChI=1S/C28H43N5O/c1-28(13-7-3-2-4-8-14-28)32-15-11-22(12-16-32)33-26-10-6-5-9-24(26)30-27(33)31-18-21-17-29-25(20-34)23(21)19-31/h5-6,9-10,21-23,25,29,34H,2-4,7-8,11-20H2,1H3. The predicted octanol–water partition coefficient (Wildman–Crippen LogP) is 4.19. The summed E-state index contributed by atoms with van der Waals surface area (Å²) in [5.74, 6) is 2.31. The van der Waals surface area contributed by atoms with Crippen molar-refractivity contribution in [3.63, 3.8) is 0 Å². The number of aliphatic hydroxyl groups is 1. The van der Waals surface area contributed by atoms with E-state index in [2.05, 4.69) is 50.9 Å². The molecule has 0 bridgehead atoms. The fourth-order valence-electron chi connectivity index (χ4n) is 7.65. The van der Waals surface area contributed by atoms with Crippen LogP contribution >= 0.6 is 0 Å². The van der Waals surface area contributed by atoms with Gasteiger partial charge in [-0.2, -0.15) is 0 Å². The second kappa shape index (κ2) is 9.44. The maximum absolute atomic E-state index is 9.82. The molecule has 4 heterocycles. The molecule has 6 nitrogen and oxygen atoms in total. The Hall–Kier alpha value is -1.63. The van der Waals surface area contributed by atoms with E-state index in [1.54, 1.807) is 0 Å². The number of aliphatic hydroxyl groups excluding tert-OH is 1. The number of fused-ring (bicyclic) bond motifs is 2. The van der Waals surface area contributed by atoms with Crippen molar-refractivity contribution in [2.24, 2.45) is 11.8 Å². The monoisotopic (exact) mass is 465 g/mol.